The lowest BCUT2D eigenvalue weighted by molar-refractivity contribution is -0.121. The van der Waals surface area contributed by atoms with Gasteiger partial charge in [-0.25, -0.2) is 13.2 Å². The van der Waals surface area contributed by atoms with E-state index in [1.807, 2.05) is 20.8 Å². The van der Waals surface area contributed by atoms with Gasteiger partial charge >= 0.3 is 5.69 Å². The van der Waals surface area contributed by atoms with Crippen LogP contribution in [0.4, 0.5) is 5.82 Å². The highest BCUT2D eigenvalue weighted by atomic mass is 32.2. The summed E-state index contributed by atoms with van der Waals surface area (Å²) in [5.41, 5.74) is 1.67. The zero-order valence-corrected chi connectivity index (χ0v) is 23.7. The molecule has 36 heavy (non-hydrogen) atoms. The molecule has 1 aromatic rings. The quantitative estimate of drug-likeness (QED) is 0.228. The molecule has 0 radical (unpaired) electrons. The fourth-order valence-electron chi connectivity index (χ4n) is 3.63. The SMILES string of the molecule is CCCCCC(=O)NCCCCSc1sc(C)c(C)n2c(=O)nc(NS(=O)(=O)c3ccc(C)cc3)c1-2. The van der Waals surface area contributed by atoms with Gasteiger partial charge in [0, 0.05) is 23.5 Å². The predicted octanol–water partition coefficient (Wildman–Crippen LogP) is 5.03. The first kappa shape index (κ1) is 28.2. The van der Waals surface area contributed by atoms with Crippen LogP contribution in [0.15, 0.2) is 38.2 Å². The van der Waals surface area contributed by atoms with Gasteiger partial charge in [-0.1, -0.05) is 37.5 Å². The minimum atomic E-state index is -3.91. The summed E-state index contributed by atoms with van der Waals surface area (Å²) in [6.45, 7) is 8.40. The van der Waals surface area contributed by atoms with Crippen LogP contribution >= 0.6 is 23.1 Å². The molecule has 2 aliphatic heterocycles. The molecule has 0 saturated carbocycles. The minimum Gasteiger partial charge on any atom is -0.356 e. The lowest BCUT2D eigenvalue weighted by atomic mass is 10.2. The molecule has 3 rings (SSSR count). The number of imidazole rings is 1. The van der Waals surface area contributed by atoms with E-state index >= 15 is 0 Å². The molecular formula is C25H34N4O4S3. The lowest BCUT2D eigenvalue weighted by Crippen LogP contribution is -2.24. The van der Waals surface area contributed by atoms with E-state index in [0.29, 0.717) is 18.7 Å². The number of benzene rings is 1. The van der Waals surface area contributed by atoms with Gasteiger partial charge in [-0.15, -0.1) is 23.1 Å². The number of sulfonamides is 1. The maximum absolute atomic E-state index is 13.0. The second-order valence-corrected chi connectivity index (χ2v) is 13.0. The van der Waals surface area contributed by atoms with Crippen molar-refractivity contribution in [3.05, 3.63) is 50.9 Å². The van der Waals surface area contributed by atoms with E-state index in [-0.39, 0.29) is 16.6 Å². The highest BCUT2D eigenvalue weighted by molar-refractivity contribution is 8.01. The van der Waals surface area contributed by atoms with Gasteiger partial charge < -0.3 is 5.32 Å². The third kappa shape index (κ3) is 7.10. The van der Waals surface area contributed by atoms with Gasteiger partial charge in [0.05, 0.1) is 9.10 Å². The number of nitrogens with zero attached hydrogens (tertiary/aromatic N) is 2. The smallest absolute Gasteiger partial charge is 0.354 e. The van der Waals surface area contributed by atoms with Crippen LogP contribution in [0.1, 0.15) is 61.6 Å². The minimum absolute atomic E-state index is 0.0433. The number of aromatic nitrogens is 2. The first-order valence-electron chi connectivity index (χ1n) is 12.2. The molecule has 2 N–H and O–H groups in total. The molecule has 1 amide bonds. The molecule has 0 atom stereocenters. The molecule has 11 heteroatoms. The van der Waals surface area contributed by atoms with Gasteiger partial charge in [0.1, 0.15) is 5.69 Å². The Labute approximate surface area is 221 Å². The summed E-state index contributed by atoms with van der Waals surface area (Å²) in [6, 6.07) is 6.52. The van der Waals surface area contributed by atoms with Crippen molar-refractivity contribution in [3.63, 3.8) is 0 Å². The van der Waals surface area contributed by atoms with Crippen LogP contribution in [0.25, 0.3) is 5.69 Å². The van der Waals surface area contributed by atoms with Crippen LogP contribution in [-0.2, 0) is 14.8 Å². The first-order chi connectivity index (χ1) is 17.1. The number of nitrogens with one attached hydrogen (secondary N) is 2. The van der Waals surface area contributed by atoms with Gasteiger partial charge in [0.2, 0.25) is 5.91 Å². The summed E-state index contributed by atoms with van der Waals surface area (Å²) in [4.78, 5) is 29.7. The standard InChI is InChI=1S/C25H34N4O4S3/c1-5-6-7-10-21(30)26-15-8-9-16-34-24-22-23(27-25(31)29(22)18(3)19(4)35-24)28-36(32,33)20-13-11-17(2)12-14-20/h11-14H,5-10,15-16H2,1-4H3,(H,26,30)(H,27,28,31). The van der Waals surface area contributed by atoms with E-state index in [1.54, 1.807) is 23.9 Å². The van der Waals surface area contributed by atoms with E-state index in [2.05, 4.69) is 21.9 Å². The highest BCUT2D eigenvalue weighted by Gasteiger charge is 2.26. The molecule has 196 valence electrons. The average Bonchev–Trinajstić information content (AvgIpc) is 3.14. The summed E-state index contributed by atoms with van der Waals surface area (Å²) in [6.07, 6.45) is 5.37. The molecule has 0 aliphatic carbocycles. The summed E-state index contributed by atoms with van der Waals surface area (Å²) >= 11 is 3.09. The average molecular weight is 551 g/mol. The first-order valence-corrected chi connectivity index (χ1v) is 15.4. The molecule has 0 bridgehead atoms. The summed E-state index contributed by atoms with van der Waals surface area (Å²) in [7, 11) is -3.91. The number of carbonyl (C=O) groups excluding carboxylic acids is 1. The molecule has 0 unspecified atom stereocenters. The second-order valence-electron chi connectivity index (χ2n) is 8.74. The van der Waals surface area contributed by atoms with Crippen molar-refractivity contribution in [1.29, 1.82) is 0 Å². The van der Waals surface area contributed by atoms with Gasteiger partial charge in [0.15, 0.2) is 5.82 Å². The van der Waals surface area contributed by atoms with Crippen LogP contribution in [0.3, 0.4) is 0 Å². The van der Waals surface area contributed by atoms with Crippen molar-refractivity contribution in [2.75, 3.05) is 17.0 Å². The van der Waals surface area contributed by atoms with Gasteiger partial charge in [-0.05, 0) is 57.9 Å². The van der Waals surface area contributed by atoms with Crippen molar-refractivity contribution in [2.45, 2.75) is 75.3 Å². The van der Waals surface area contributed by atoms with Gasteiger partial charge in [-0.3, -0.25) is 14.1 Å². The number of hydrogen-bond donors (Lipinski definition) is 2. The predicted molar refractivity (Wildman–Crippen MR) is 147 cm³/mol. The maximum atomic E-state index is 13.0. The largest absolute Gasteiger partial charge is 0.356 e. The number of aryl methyl sites for hydroxylation is 2. The molecule has 8 nitrogen and oxygen atoms in total. The van der Waals surface area contributed by atoms with E-state index in [1.165, 1.54) is 28.0 Å². The molecule has 0 fully saturated rings. The van der Waals surface area contributed by atoms with Crippen molar-refractivity contribution < 1.29 is 13.2 Å². The number of thioether (sulfide) groups is 1. The maximum Gasteiger partial charge on any atom is 0.354 e. The van der Waals surface area contributed by atoms with E-state index < -0.39 is 15.7 Å². The number of unbranched alkanes of at least 4 members (excludes halogenated alkanes) is 3. The fourth-order valence-corrected chi connectivity index (χ4v) is 7.16. The monoisotopic (exact) mass is 550 g/mol. The summed E-state index contributed by atoms with van der Waals surface area (Å²) in [5.74, 6) is 0.910. The number of fused-ring (bicyclic) bond motifs is 1. The molecular weight excluding hydrogens is 517 g/mol. The highest BCUT2D eigenvalue weighted by Crippen LogP contribution is 2.38. The Balaban J connectivity index is 1.71. The lowest BCUT2D eigenvalue weighted by Gasteiger charge is -2.16. The van der Waals surface area contributed by atoms with Crippen molar-refractivity contribution in [2.24, 2.45) is 0 Å². The Morgan fingerprint density at radius 1 is 1.08 bits per heavy atom. The molecule has 2 aliphatic rings. The fraction of sp³-hybridized carbons (Fsp3) is 0.480. The Morgan fingerprint density at radius 3 is 2.50 bits per heavy atom. The zero-order chi connectivity index (χ0) is 26.3. The van der Waals surface area contributed by atoms with Crippen LogP contribution in [-0.4, -0.2) is 36.2 Å². The third-order valence-corrected chi connectivity index (χ3v) is 9.71. The van der Waals surface area contributed by atoms with E-state index in [9.17, 15) is 18.0 Å². The van der Waals surface area contributed by atoms with Crippen LogP contribution < -0.4 is 15.7 Å². The summed E-state index contributed by atoms with van der Waals surface area (Å²) < 4.78 is 30.8. The van der Waals surface area contributed by atoms with Crippen LogP contribution in [0.2, 0.25) is 0 Å². The summed E-state index contributed by atoms with van der Waals surface area (Å²) in [5, 5.41) is 2.97. The van der Waals surface area contributed by atoms with Crippen molar-refractivity contribution in [3.8, 4) is 5.69 Å². The molecule has 1 aromatic carbocycles. The molecule has 0 spiro atoms. The number of carbonyl (C=O) groups is 1. The van der Waals surface area contributed by atoms with Gasteiger partial charge in [0.25, 0.3) is 10.0 Å². The zero-order valence-electron chi connectivity index (χ0n) is 21.2. The Kier molecular flexibility index (Phi) is 9.98. The van der Waals surface area contributed by atoms with Crippen LogP contribution in [0, 0.1) is 20.8 Å². The number of amides is 1. The number of anilines is 1. The number of rotatable bonds is 13. The van der Waals surface area contributed by atoms with Crippen LogP contribution in [0.5, 0.6) is 0 Å². The third-order valence-electron chi connectivity index (χ3n) is 5.83. The Hall–Kier alpha value is -2.37. The molecule has 0 aromatic heterocycles. The van der Waals surface area contributed by atoms with E-state index in [0.717, 1.165) is 58.2 Å². The Morgan fingerprint density at radius 2 is 1.81 bits per heavy atom. The molecule has 2 heterocycles. The Bertz CT molecular complexity index is 1310. The second kappa shape index (κ2) is 12.7. The van der Waals surface area contributed by atoms with E-state index in [4.69, 9.17) is 0 Å². The number of hydrogen-bond acceptors (Lipinski definition) is 7. The normalized spacial score (nSPS) is 11.7. The van der Waals surface area contributed by atoms with Crippen molar-refractivity contribution >= 4 is 44.8 Å². The van der Waals surface area contributed by atoms with Crippen molar-refractivity contribution in [1.82, 2.24) is 14.9 Å². The topological polar surface area (TPSA) is 110 Å². The van der Waals surface area contributed by atoms with Gasteiger partial charge in [-0.2, -0.15) is 4.98 Å². The molecule has 0 saturated heterocycles.